The molecule has 0 aromatic heterocycles. The number of carboxylic acids is 1. The summed E-state index contributed by atoms with van der Waals surface area (Å²) in [6.45, 7) is 1.60. The van der Waals surface area contributed by atoms with Gasteiger partial charge < -0.3 is 10.2 Å². The summed E-state index contributed by atoms with van der Waals surface area (Å²) in [5, 5.41) is 29.2. The lowest BCUT2D eigenvalue weighted by molar-refractivity contribution is -0.112. The number of hydrazone groups is 2. The Hall–Kier alpha value is -4.53. The van der Waals surface area contributed by atoms with Gasteiger partial charge in [-0.05, 0) is 61.2 Å². The van der Waals surface area contributed by atoms with Gasteiger partial charge in [0.05, 0.1) is 22.6 Å². The topological polar surface area (TPSA) is 115 Å². The van der Waals surface area contributed by atoms with Crippen molar-refractivity contribution in [3.05, 3.63) is 89.2 Å². The highest BCUT2D eigenvalue weighted by molar-refractivity contribution is 6.71. The van der Waals surface area contributed by atoms with Crippen LogP contribution in [0, 0.1) is 5.82 Å². The fourth-order valence-electron chi connectivity index (χ4n) is 3.54. The zero-order valence-corrected chi connectivity index (χ0v) is 18.2. The van der Waals surface area contributed by atoms with E-state index in [1.807, 2.05) is 0 Å². The maximum Gasteiger partial charge on any atom is 0.335 e. The number of carboxylic acid groups (broad SMARTS) is 1. The second kappa shape index (κ2) is 9.53. The molecule has 4 rings (SSSR count). The van der Waals surface area contributed by atoms with Crippen LogP contribution in [0.15, 0.2) is 76.9 Å². The third-order valence-corrected chi connectivity index (χ3v) is 5.35. The summed E-state index contributed by atoms with van der Waals surface area (Å²) >= 11 is 0. The van der Waals surface area contributed by atoms with Gasteiger partial charge in [0, 0.05) is 0 Å². The van der Waals surface area contributed by atoms with Crippen molar-refractivity contribution in [2.75, 3.05) is 10.4 Å². The fourth-order valence-corrected chi connectivity index (χ4v) is 3.54. The zero-order chi connectivity index (χ0) is 24.2. The molecule has 0 radical (unpaired) electrons. The van der Waals surface area contributed by atoms with E-state index in [1.54, 1.807) is 49.4 Å². The Balaban J connectivity index is 1.50. The van der Waals surface area contributed by atoms with E-state index in [0.717, 1.165) is 5.01 Å². The lowest BCUT2D eigenvalue weighted by atomic mass is 10.0. The van der Waals surface area contributed by atoms with E-state index in [1.165, 1.54) is 24.3 Å². The third-order valence-electron chi connectivity index (χ3n) is 5.35. The van der Waals surface area contributed by atoms with Crippen LogP contribution in [0.5, 0.6) is 5.75 Å². The monoisotopic (exact) mass is 460 g/mol. The van der Waals surface area contributed by atoms with E-state index in [9.17, 15) is 24.2 Å². The molecule has 1 amide bonds. The zero-order valence-electron chi connectivity index (χ0n) is 18.2. The molecule has 0 spiro atoms. The Kier molecular flexibility index (Phi) is 6.35. The number of halogens is 1. The standard InChI is InChI=1S/C25H21FN4O4/c1-15-22(24(32)30(29-15)19-9-4-8-18(14-19)25(33)34)28-27-21-11-5-7-17(23(21)31)13-12-16-6-2-3-10-20(16)26/h2-11,14,27,31H,12-13H2,1H3,(H,33,34)/b28-22-. The largest absolute Gasteiger partial charge is 0.505 e. The van der Waals surface area contributed by atoms with Crippen molar-refractivity contribution < 1.29 is 24.2 Å². The van der Waals surface area contributed by atoms with Crippen molar-refractivity contribution >= 4 is 34.7 Å². The number of carbonyl (C=O) groups is 2. The number of amides is 1. The fraction of sp³-hybridized carbons (Fsp3) is 0.120. The van der Waals surface area contributed by atoms with Crippen LogP contribution in [-0.4, -0.2) is 33.5 Å². The molecule has 172 valence electrons. The molecule has 0 saturated heterocycles. The number of carbonyl (C=O) groups excluding carboxylic acids is 1. The second-order valence-electron chi connectivity index (χ2n) is 7.63. The van der Waals surface area contributed by atoms with Crippen molar-refractivity contribution in [3.8, 4) is 5.75 Å². The summed E-state index contributed by atoms with van der Waals surface area (Å²) in [6.07, 6.45) is 0.818. The molecule has 0 atom stereocenters. The molecule has 3 N–H and O–H groups in total. The molecule has 34 heavy (non-hydrogen) atoms. The molecule has 3 aromatic carbocycles. The number of benzene rings is 3. The molecular formula is C25H21FN4O4. The van der Waals surface area contributed by atoms with Crippen molar-refractivity contribution in [1.82, 2.24) is 0 Å². The Morgan fingerprint density at radius 2 is 1.76 bits per heavy atom. The summed E-state index contributed by atoms with van der Waals surface area (Å²) < 4.78 is 13.9. The average molecular weight is 460 g/mol. The van der Waals surface area contributed by atoms with Crippen LogP contribution >= 0.6 is 0 Å². The van der Waals surface area contributed by atoms with Crippen molar-refractivity contribution in [3.63, 3.8) is 0 Å². The Morgan fingerprint density at radius 3 is 2.53 bits per heavy atom. The summed E-state index contributed by atoms with van der Waals surface area (Å²) in [6, 6.07) is 17.4. The number of aromatic carboxylic acids is 1. The normalized spacial score (nSPS) is 14.4. The number of nitrogens with zero attached hydrogens (tertiary/aromatic N) is 3. The molecule has 0 saturated carbocycles. The van der Waals surface area contributed by atoms with E-state index in [-0.39, 0.29) is 28.5 Å². The minimum absolute atomic E-state index is 0.0249. The first kappa shape index (κ1) is 22.7. The summed E-state index contributed by atoms with van der Waals surface area (Å²) in [4.78, 5) is 24.1. The number of para-hydroxylation sites is 1. The first-order chi connectivity index (χ1) is 16.3. The third kappa shape index (κ3) is 4.63. The van der Waals surface area contributed by atoms with Gasteiger partial charge >= 0.3 is 11.9 Å². The first-order valence-corrected chi connectivity index (χ1v) is 10.5. The first-order valence-electron chi connectivity index (χ1n) is 10.5. The van der Waals surface area contributed by atoms with Crippen LogP contribution in [0.25, 0.3) is 0 Å². The molecule has 0 fully saturated rings. The Bertz CT molecular complexity index is 1340. The van der Waals surface area contributed by atoms with Crippen LogP contribution < -0.4 is 10.4 Å². The SMILES string of the molecule is CC1=NN(c2cccc(C(=O)O)c2)C(=O)/C1=N\Nc1cccc(CCc2ccccc2F)c1O. The molecular weight excluding hydrogens is 439 g/mol. The molecule has 3 aromatic rings. The highest BCUT2D eigenvalue weighted by Crippen LogP contribution is 2.29. The molecule has 1 aliphatic heterocycles. The highest BCUT2D eigenvalue weighted by atomic mass is 19.1. The quantitative estimate of drug-likeness (QED) is 0.361. The van der Waals surface area contributed by atoms with E-state index < -0.39 is 11.9 Å². The lowest BCUT2D eigenvalue weighted by Crippen LogP contribution is -2.28. The molecule has 0 unspecified atom stereocenters. The lowest BCUT2D eigenvalue weighted by Gasteiger charge is -2.12. The van der Waals surface area contributed by atoms with Crippen LogP contribution in [0.4, 0.5) is 15.8 Å². The number of hydrogen-bond donors (Lipinski definition) is 3. The molecule has 8 nitrogen and oxygen atoms in total. The minimum Gasteiger partial charge on any atom is -0.505 e. The maximum absolute atomic E-state index is 13.9. The summed E-state index contributed by atoms with van der Waals surface area (Å²) in [7, 11) is 0. The van der Waals surface area contributed by atoms with E-state index in [4.69, 9.17) is 0 Å². The van der Waals surface area contributed by atoms with Gasteiger partial charge in [-0.1, -0.05) is 36.4 Å². The van der Waals surface area contributed by atoms with Gasteiger partial charge in [0.1, 0.15) is 11.6 Å². The van der Waals surface area contributed by atoms with Crippen molar-refractivity contribution in [2.45, 2.75) is 19.8 Å². The molecule has 0 bridgehead atoms. The number of hydrogen-bond acceptors (Lipinski definition) is 6. The van der Waals surface area contributed by atoms with Gasteiger partial charge in [-0.15, -0.1) is 0 Å². The van der Waals surface area contributed by atoms with Crippen molar-refractivity contribution in [1.29, 1.82) is 0 Å². The summed E-state index contributed by atoms with van der Waals surface area (Å²) in [5.74, 6) is -2.00. The molecule has 1 heterocycles. The van der Waals surface area contributed by atoms with Crippen molar-refractivity contribution in [2.24, 2.45) is 10.2 Å². The minimum atomic E-state index is -1.12. The highest BCUT2D eigenvalue weighted by Gasteiger charge is 2.31. The van der Waals surface area contributed by atoms with Gasteiger partial charge in [0.2, 0.25) is 0 Å². The van der Waals surface area contributed by atoms with E-state index >= 15 is 0 Å². The number of phenolic OH excluding ortho intramolecular Hbond substituents is 1. The van der Waals surface area contributed by atoms with Gasteiger partial charge in [0.25, 0.3) is 0 Å². The van der Waals surface area contributed by atoms with Crippen LogP contribution in [0.2, 0.25) is 0 Å². The van der Waals surface area contributed by atoms with Gasteiger partial charge in [-0.25, -0.2) is 9.18 Å². The predicted molar refractivity (Wildman–Crippen MR) is 127 cm³/mol. The molecule has 9 heteroatoms. The number of rotatable bonds is 7. The smallest absolute Gasteiger partial charge is 0.335 e. The van der Waals surface area contributed by atoms with Gasteiger partial charge in [0.15, 0.2) is 5.71 Å². The number of phenols is 1. The number of nitrogens with one attached hydrogen (secondary N) is 1. The maximum atomic E-state index is 13.9. The van der Waals surface area contributed by atoms with E-state index in [2.05, 4.69) is 15.6 Å². The molecule has 1 aliphatic rings. The Labute approximate surface area is 194 Å². The van der Waals surface area contributed by atoms with Crippen LogP contribution in [0.1, 0.15) is 28.4 Å². The van der Waals surface area contributed by atoms with Gasteiger partial charge in [-0.2, -0.15) is 15.2 Å². The number of aryl methyl sites for hydroxylation is 2. The predicted octanol–water partition coefficient (Wildman–Crippen LogP) is 4.21. The molecule has 0 aliphatic carbocycles. The Morgan fingerprint density at radius 1 is 1.06 bits per heavy atom. The van der Waals surface area contributed by atoms with Crippen LogP contribution in [-0.2, 0) is 17.6 Å². The van der Waals surface area contributed by atoms with E-state index in [0.29, 0.717) is 35.4 Å². The number of anilines is 2. The second-order valence-corrected chi connectivity index (χ2v) is 7.63. The summed E-state index contributed by atoms with van der Waals surface area (Å²) in [5.41, 5.74) is 4.82. The number of aromatic hydroxyl groups is 1. The van der Waals surface area contributed by atoms with Gasteiger partial charge in [-0.3, -0.25) is 10.2 Å². The average Bonchev–Trinajstić information content (AvgIpc) is 3.11. The van der Waals surface area contributed by atoms with Crippen LogP contribution in [0.3, 0.4) is 0 Å².